The van der Waals surface area contributed by atoms with Crippen molar-refractivity contribution in [1.29, 1.82) is 0 Å². The first-order valence-electron chi connectivity index (χ1n) is 3.67. The van der Waals surface area contributed by atoms with Gasteiger partial charge >= 0.3 is 0 Å². The number of oxime groups is 1. The van der Waals surface area contributed by atoms with Crippen molar-refractivity contribution < 1.29 is 5.21 Å². The van der Waals surface area contributed by atoms with Gasteiger partial charge < -0.3 is 5.21 Å². The molecule has 0 spiro atoms. The third-order valence-electron chi connectivity index (χ3n) is 1.66. The van der Waals surface area contributed by atoms with Crippen molar-refractivity contribution in [2.75, 3.05) is 0 Å². The van der Waals surface area contributed by atoms with Gasteiger partial charge in [0.15, 0.2) is 0 Å². The second kappa shape index (κ2) is 4.26. The molecular formula is C9H10BrNO. The molecule has 0 unspecified atom stereocenters. The molecule has 1 aromatic carbocycles. The predicted octanol–water partition coefficient (Wildman–Crippen LogP) is 3.01. The fourth-order valence-electron chi connectivity index (χ4n) is 0.976. The van der Waals surface area contributed by atoms with Crippen molar-refractivity contribution in [2.45, 2.75) is 12.8 Å². The van der Waals surface area contributed by atoms with Crippen molar-refractivity contribution in [3.63, 3.8) is 0 Å². The van der Waals surface area contributed by atoms with Gasteiger partial charge in [0.2, 0.25) is 0 Å². The summed E-state index contributed by atoms with van der Waals surface area (Å²) < 4.78 is 1.04. The minimum absolute atomic E-state index is 0.146. The highest BCUT2D eigenvalue weighted by Crippen LogP contribution is 2.17. The van der Waals surface area contributed by atoms with Gasteiger partial charge in [-0.2, -0.15) is 0 Å². The zero-order chi connectivity index (χ0) is 8.97. The second-order valence-corrected chi connectivity index (χ2v) is 3.52. The largest absolute Gasteiger partial charge is 0.411 e. The van der Waals surface area contributed by atoms with E-state index in [2.05, 4.69) is 21.1 Å². The van der Waals surface area contributed by atoms with E-state index in [9.17, 15) is 0 Å². The van der Waals surface area contributed by atoms with Gasteiger partial charge in [0.1, 0.15) is 0 Å². The van der Waals surface area contributed by atoms with Gasteiger partial charge in [-0.3, -0.25) is 0 Å². The topological polar surface area (TPSA) is 32.6 Å². The zero-order valence-electron chi connectivity index (χ0n) is 6.74. The average molecular weight is 228 g/mol. The molecule has 2 nitrogen and oxygen atoms in total. The molecule has 1 aromatic rings. The van der Waals surface area contributed by atoms with E-state index in [4.69, 9.17) is 5.21 Å². The Balaban J connectivity index is 2.87. The van der Waals surface area contributed by atoms with Crippen molar-refractivity contribution in [3.05, 3.63) is 34.3 Å². The Morgan fingerprint density at radius 3 is 2.92 bits per heavy atom. The van der Waals surface area contributed by atoms with Crippen LogP contribution in [0.3, 0.4) is 0 Å². The fraction of sp³-hybridized carbons (Fsp3) is 0.222. The molecule has 3 heteroatoms. The molecule has 0 saturated carbocycles. The number of benzene rings is 1. The number of nitrogens with zero attached hydrogens (tertiary/aromatic N) is 1. The van der Waals surface area contributed by atoms with E-state index in [0.29, 0.717) is 0 Å². The molecular weight excluding hydrogens is 218 g/mol. The molecule has 0 aromatic heterocycles. The molecule has 64 valence electrons. The summed E-state index contributed by atoms with van der Waals surface area (Å²) in [6.45, 7) is 1.97. The van der Waals surface area contributed by atoms with Crippen LogP contribution in [0.15, 0.2) is 33.9 Å². The van der Waals surface area contributed by atoms with Gasteiger partial charge in [0.05, 0.1) is 6.21 Å². The van der Waals surface area contributed by atoms with Crippen LogP contribution in [-0.4, -0.2) is 11.4 Å². The van der Waals surface area contributed by atoms with Crippen LogP contribution in [0.4, 0.5) is 0 Å². The van der Waals surface area contributed by atoms with Crippen LogP contribution in [-0.2, 0) is 0 Å². The van der Waals surface area contributed by atoms with Crippen LogP contribution >= 0.6 is 15.9 Å². The summed E-state index contributed by atoms with van der Waals surface area (Å²) in [5.74, 6) is 0.146. The quantitative estimate of drug-likeness (QED) is 0.471. The third-order valence-corrected chi connectivity index (χ3v) is 2.16. The first kappa shape index (κ1) is 9.26. The van der Waals surface area contributed by atoms with Gasteiger partial charge in [-0.25, -0.2) is 0 Å². The molecule has 0 saturated heterocycles. The maximum absolute atomic E-state index is 8.33. The molecule has 0 fully saturated rings. The molecule has 12 heavy (non-hydrogen) atoms. The van der Waals surface area contributed by atoms with Crippen molar-refractivity contribution in [3.8, 4) is 0 Å². The minimum Gasteiger partial charge on any atom is -0.411 e. The average Bonchev–Trinajstić information content (AvgIpc) is 2.05. The number of halogens is 1. The lowest BCUT2D eigenvalue weighted by Gasteiger charge is -2.04. The van der Waals surface area contributed by atoms with Crippen LogP contribution in [0.1, 0.15) is 18.4 Å². The van der Waals surface area contributed by atoms with E-state index < -0.39 is 0 Å². The molecule has 0 aliphatic rings. The molecule has 1 rings (SSSR count). The monoisotopic (exact) mass is 227 g/mol. The summed E-state index contributed by atoms with van der Waals surface area (Å²) in [6.07, 6.45) is 1.50. The first-order chi connectivity index (χ1) is 5.74. The smallest absolute Gasteiger partial charge is 0.0507 e. The van der Waals surface area contributed by atoms with E-state index in [0.717, 1.165) is 10.0 Å². The Bertz CT molecular complexity index is 286. The van der Waals surface area contributed by atoms with Crippen LogP contribution in [0.5, 0.6) is 0 Å². The van der Waals surface area contributed by atoms with E-state index in [1.54, 1.807) is 0 Å². The molecule has 1 atom stereocenters. The van der Waals surface area contributed by atoms with Crippen molar-refractivity contribution in [1.82, 2.24) is 0 Å². The predicted molar refractivity (Wildman–Crippen MR) is 52.8 cm³/mol. The molecule has 0 aliphatic carbocycles. The van der Waals surface area contributed by atoms with Gasteiger partial charge in [0.25, 0.3) is 0 Å². The van der Waals surface area contributed by atoms with Gasteiger partial charge in [-0.1, -0.05) is 35.0 Å². The molecule has 0 radical (unpaired) electrons. The first-order valence-corrected chi connectivity index (χ1v) is 4.46. The van der Waals surface area contributed by atoms with Crippen LogP contribution in [0, 0.1) is 0 Å². The van der Waals surface area contributed by atoms with E-state index >= 15 is 0 Å². The fourth-order valence-corrected chi connectivity index (χ4v) is 1.39. The van der Waals surface area contributed by atoms with Crippen molar-refractivity contribution >= 4 is 22.1 Å². The highest BCUT2D eigenvalue weighted by Gasteiger charge is 2.01. The Morgan fingerprint density at radius 1 is 1.58 bits per heavy atom. The zero-order valence-corrected chi connectivity index (χ0v) is 8.32. The van der Waals surface area contributed by atoms with Crippen LogP contribution in [0.25, 0.3) is 0 Å². The van der Waals surface area contributed by atoms with Gasteiger partial charge in [0, 0.05) is 10.4 Å². The van der Waals surface area contributed by atoms with E-state index in [-0.39, 0.29) is 5.92 Å². The minimum atomic E-state index is 0.146. The highest BCUT2D eigenvalue weighted by molar-refractivity contribution is 9.10. The normalized spacial score (nSPS) is 13.5. The lowest BCUT2D eigenvalue weighted by Crippen LogP contribution is -1.93. The summed E-state index contributed by atoms with van der Waals surface area (Å²) in [5, 5.41) is 11.3. The summed E-state index contributed by atoms with van der Waals surface area (Å²) >= 11 is 3.37. The number of hydrogen-bond donors (Lipinski definition) is 1. The van der Waals surface area contributed by atoms with Crippen molar-refractivity contribution in [2.24, 2.45) is 5.16 Å². The van der Waals surface area contributed by atoms with Crippen LogP contribution in [0.2, 0.25) is 0 Å². The lowest BCUT2D eigenvalue weighted by molar-refractivity contribution is 0.320. The standard InChI is InChI=1S/C9H10BrNO/c1-7(6-11-12)8-3-2-4-9(10)5-8/h2-7,12H,1H3/b11-6-/t7-/m0/s1. The summed E-state index contributed by atoms with van der Waals surface area (Å²) in [6, 6.07) is 7.93. The van der Waals surface area contributed by atoms with Gasteiger partial charge in [-0.05, 0) is 17.7 Å². The Hall–Kier alpha value is -0.830. The Kier molecular flexibility index (Phi) is 3.29. The van der Waals surface area contributed by atoms with Crippen LogP contribution < -0.4 is 0 Å². The molecule has 0 aliphatic heterocycles. The molecule has 0 heterocycles. The Labute approximate surface area is 80.0 Å². The Morgan fingerprint density at radius 2 is 2.33 bits per heavy atom. The number of rotatable bonds is 2. The molecule has 0 amide bonds. The molecule has 1 N–H and O–H groups in total. The van der Waals surface area contributed by atoms with E-state index in [1.165, 1.54) is 6.21 Å². The SMILES string of the molecule is C[C@@H](/C=N\O)c1cccc(Br)c1. The van der Waals surface area contributed by atoms with Gasteiger partial charge in [-0.15, -0.1) is 5.16 Å². The third kappa shape index (κ3) is 2.34. The number of hydrogen-bond acceptors (Lipinski definition) is 2. The highest BCUT2D eigenvalue weighted by atomic mass is 79.9. The summed E-state index contributed by atoms with van der Waals surface area (Å²) in [5.41, 5.74) is 1.13. The maximum Gasteiger partial charge on any atom is 0.0507 e. The second-order valence-electron chi connectivity index (χ2n) is 2.61. The maximum atomic E-state index is 8.33. The lowest BCUT2D eigenvalue weighted by atomic mass is 10.0. The van der Waals surface area contributed by atoms with E-state index in [1.807, 2.05) is 31.2 Å². The summed E-state index contributed by atoms with van der Waals surface area (Å²) in [4.78, 5) is 0. The molecule has 0 bridgehead atoms. The summed E-state index contributed by atoms with van der Waals surface area (Å²) in [7, 11) is 0.